The summed E-state index contributed by atoms with van der Waals surface area (Å²) in [6.07, 6.45) is 1.07. The van der Waals surface area contributed by atoms with Crippen molar-refractivity contribution in [2.24, 2.45) is 0 Å². The van der Waals surface area contributed by atoms with Crippen molar-refractivity contribution in [2.45, 2.75) is 30.6 Å². The van der Waals surface area contributed by atoms with Gasteiger partial charge in [-0.25, -0.2) is 0 Å². The quantitative estimate of drug-likeness (QED) is 0.550. The fourth-order valence-electron chi connectivity index (χ4n) is 2.21. The average Bonchev–Trinajstić information content (AvgIpc) is 2.48. The Kier molecular flexibility index (Phi) is 6.69. The van der Waals surface area contributed by atoms with E-state index in [1.807, 2.05) is 0 Å². The highest BCUT2D eigenvalue weighted by Crippen LogP contribution is 2.31. The van der Waals surface area contributed by atoms with Crippen molar-refractivity contribution < 1.29 is 13.3 Å². The van der Waals surface area contributed by atoms with Crippen LogP contribution in [-0.2, 0) is 13.3 Å². The Morgan fingerprint density at radius 1 is 1.00 bits per heavy atom. The zero-order valence-electron chi connectivity index (χ0n) is 12.3. The van der Waals surface area contributed by atoms with Crippen molar-refractivity contribution in [3.63, 3.8) is 0 Å². The van der Waals surface area contributed by atoms with Gasteiger partial charge in [-0.1, -0.05) is 54.0 Å². The highest BCUT2D eigenvalue weighted by molar-refractivity contribution is 9.09. The maximum atomic E-state index is 5.54. The van der Waals surface area contributed by atoms with Gasteiger partial charge in [-0.05, 0) is 17.5 Å². The van der Waals surface area contributed by atoms with Crippen LogP contribution >= 0.6 is 15.9 Å². The van der Waals surface area contributed by atoms with Gasteiger partial charge in [-0.15, -0.1) is 0 Å². The SMILES string of the molecule is CCC(Br)c1ccc(C(C)[Si](OC)(OC)OC)cc1. The van der Waals surface area contributed by atoms with E-state index in [1.54, 1.807) is 21.3 Å². The van der Waals surface area contributed by atoms with Crippen molar-refractivity contribution in [1.29, 1.82) is 0 Å². The molecular weight excluding hydrogens is 324 g/mol. The summed E-state index contributed by atoms with van der Waals surface area (Å²) >= 11 is 3.66. The first kappa shape index (κ1) is 16.9. The van der Waals surface area contributed by atoms with Crippen molar-refractivity contribution in [1.82, 2.24) is 0 Å². The Balaban J connectivity index is 2.96. The van der Waals surface area contributed by atoms with Gasteiger partial charge < -0.3 is 13.3 Å². The minimum atomic E-state index is -2.63. The van der Waals surface area contributed by atoms with Crippen molar-refractivity contribution in [3.8, 4) is 0 Å². The third kappa shape index (κ3) is 3.67. The number of hydrogen-bond acceptors (Lipinski definition) is 3. The predicted octanol–water partition coefficient (Wildman–Crippen LogP) is 4.05. The van der Waals surface area contributed by atoms with Gasteiger partial charge in [0.15, 0.2) is 0 Å². The summed E-state index contributed by atoms with van der Waals surface area (Å²) in [5, 5.41) is 0. The first-order chi connectivity index (χ1) is 9.04. The van der Waals surface area contributed by atoms with E-state index in [4.69, 9.17) is 13.3 Å². The molecule has 0 bridgehead atoms. The Morgan fingerprint density at radius 3 is 1.79 bits per heavy atom. The number of rotatable bonds is 7. The minimum absolute atomic E-state index is 0.108. The first-order valence-electron chi connectivity index (χ1n) is 6.44. The maximum Gasteiger partial charge on any atom is 0.507 e. The van der Waals surface area contributed by atoms with Crippen LogP contribution in [-0.4, -0.2) is 30.1 Å². The number of halogens is 1. The molecule has 0 aromatic heterocycles. The molecule has 0 saturated carbocycles. The fraction of sp³-hybridized carbons (Fsp3) is 0.571. The molecule has 2 unspecified atom stereocenters. The molecule has 0 amide bonds. The van der Waals surface area contributed by atoms with Gasteiger partial charge in [-0.2, -0.15) is 0 Å². The number of hydrogen-bond donors (Lipinski definition) is 0. The van der Waals surface area contributed by atoms with Crippen LogP contribution in [0.25, 0.3) is 0 Å². The number of alkyl halides is 1. The predicted molar refractivity (Wildman–Crippen MR) is 83.6 cm³/mol. The van der Waals surface area contributed by atoms with Gasteiger partial charge in [0.25, 0.3) is 0 Å². The molecule has 0 fully saturated rings. The number of benzene rings is 1. The van der Waals surface area contributed by atoms with E-state index in [2.05, 4.69) is 54.0 Å². The highest BCUT2D eigenvalue weighted by atomic mass is 79.9. The van der Waals surface area contributed by atoms with Gasteiger partial charge in [0.1, 0.15) is 0 Å². The summed E-state index contributed by atoms with van der Waals surface area (Å²) in [4.78, 5) is 0.408. The standard InChI is InChI=1S/C14H23BrO3Si/c1-6-14(15)13-9-7-12(8-10-13)11(2)19(16-3,17-4)18-5/h7-11,14H,6H2,1-5H3. The lowest BCUT2D eigenvalue weighted by Crippen LogP contribution is -2.48. The second-order valence-corrected chi connectivity index (χ2v) is 8.88. The third-order valence-electron chi connectivity index (χ3n) is 3.54. The average molecular weight is 347 g/mol. The van der Waals surface area contributed by atoms with Crippen LogP contribution in [0.5, 0.6) is 0 Å². The van der Waals surface area contributed by atoms with Gasteiger partial charge in [0, 0.05) is 26.2 Å². The van der Waals surface area contributed by atoms with E-state index in [0.29, 0.717) is 4.83 Å². The fourth-order valence-corrected chi connectivity index (χ4v) is 4.68. The molecule has 0 radical (unpaired) electrons. The van der Waals surface area contributed by atoms with Gasteiger partial charge >= 0.3 is 8.80 Å². The lowest BCUT2D eigenvalue weighted by molar-refractivity contribution is 0.114. The van der Waals surface area contributed by atoms with Crippen LogP contribution in [0.15, 0.2) is 24.3 Å². The van der Waals surface area contributed by atoms with E-state index in [0.717, 1.165) is 6.42 Å². The van der Waals surface area contributed by atoms with Crippen LogP contribution in [0, 0.1) is 0 Å². The lowest BCUT2D eigenvalue weighted by Gasteiger charge is -2.30. The van der Waals surface area contributed by atoms with E-state index in [9.17, 15) is 0 Å². The summed E-state index contributed by atoms with van der Waals surface area (Å²) < 4.78 is 16.6. The van der Waals surface area contributed by atoms with Crippen LogP contribution < -0.4 is 0 Å². The zero-order chi connectivity index (χ0) is 14.5. The van der Waals surface area contributed by atoms with E-state index < -0.39 is 8.80 Å². The minimum Gasteiger partial charge on any atom is -0.376 e. The van der Waals surface area contributed by atoms with Crippen LogP contribution in [0.4, 0.5) is 0 Å². The molecule has 1 aromatic rings. The molecule has 5 heteroatoms. The van der Waals surface area contributed by atoms with Gasteiger partial charge in [0.2, 0.25) is 0 Å². The largest absolute Gasteiger partial charge is 0.507 e. The molecule has 0 spiro atoms. The van der Waals surface area contributed by atoms with Crippen LogP contribution in [0.3, 0.4) is 0 Å². The van der Waals surface area contributed by atoms with E-state index in [1.165, 1.54) is 11.1 Å². The molecular formula is C14H23BrO3Si. The summed E-state index contributed by atoms with van der Waals surface area (Å²) in [5.41, 5.74) is 2.58. The molecule has 0 aliphatic rings. The van der Waals surface area contributed by atoms with E-state index in [-0.39, 0.29) is 5.54 Å². The Labute approximate surface area is 125 Å². The molecule has 108 valence electrons. The summed E-state index contributed by atoms with van der Waals surface area (Å²) in [5.74, 6) is 0. The Hall–Kier alpha value is -0.203. The summed E-state index contributed by atoms with van der Waals surface area (Å²) in [7, 11) is 2.32. The van der Waals surface area contributed by atoms with Gasteiger partial charge in [-0.3, -0.25) is 0 Å². The lowest BCUT2D eigenvalue weighted by atomic mass is 10.1. The van der Waals surface area contributed by atoms with Crippen LogP contribution in [0.2, 0.25) is 0 Å². The molecule has 1 aromatic carbocycles. The van der Waals surface area contributed by atoms with Crippen molar-refractivity contribution in [2.75, 3.05) is 21.3 Å². The highest BCUT2D eigenvalue weighted by Gasteiger charge is 2.45. The first-order valence-corrected chi connectivity index (χ1v) is 9.15. The molecule has 3 nitrogen and oxygen atoms in total. The molecule has 0 aliphatic heterocycles. The van der Waals surface area contributed by atoms with Crippen molar-refractivity contribution in [3.05, 3.63) is 35.4 Å². The molecule has 2 atom stereocenters. The molecule has 1 rings (SSSR count). The Bertz CT molecular complexity index is 371. The Morgan fingerprint density at radius 2 is 1.42 bits per heavy atom. The monoisotopic (exact) mass is 346 g/mol. The normalized spacial score (nSPS) is 15.3. The topological polar surface area (TPSA) is 27.7 Å². The molecule has 0 N–H and O–H groups in total. The maximum absolute atomic E-state index is 5.54. The second-order valence-electron chi connectivity index (χ2n) is 4.48. The molecule has 0 aliphatic carbocycles. The summed E-state index contributed by atoms with van der Waals surface area (Å²) in [6, 6.07) is 8.55. The summed E-state index contributed by atoms with van der Waals surface area (Å²) in [6.45, 7) is 4.25. The van der Waals surface area contributed by atoms with E-state index >= 15 is 0 Å². The van der Waals surface area contributed by atoms with Crippen molar-refractivity contribution >= 4 is 24.7 Å². The second kappa shape index (κ2) is 7.55. The molecule has 19 heavy (non-hydrogen) atoms. The smallest absolute Gasteiger partial charge is 0.376 e. The molecule has 0 saturated heterocycles. The van der Waals surface area contributed by atoms with Crippen LogP contribution in [0.1, 0.15) is 41.8 Å². The van der Waals surface area contributed by atoms with Gasteiger partial charge in [0.05, 0.1) is 5.54 Å². The zero-order valence-corrected chi connectivity index (χ0v) is 14.9. The third-order valence-corrected chi connectivity index (χ3v) is 7.82. The molecule has 0 heterocycles.